The maximum Gasteiger partial charge on any atom is 0.416 e. The summed E-state index contributed by atoms with van der Waals surface area (Å²) in [5, 5.41) is 2.66. The lowest BCUT2D eigenvalue weighted by molar-refractivity contribution is -0.137. The summed E-state index contributed by atoms with van der Waals surface area (Å²) >= 11 is 0. The van der Waals surface area contributed by atoms with Gasteiger partial charge in [0.2, 0.25) is 6.41 Å². The second-order valence-electron chi connectivity index (χ2n) is 4.27. The number of benzene rings is 1. The Morgan fingerprint density at radius 3 is 2.24 bits per heavy atom. The van der Waals surface area contributed by atoms with E-state index in [1.165, 1.54) is 12.1 Å². The Morgan fingerprint density at radius 1 is 1.18 bits per heavy atom. The predicted molar refractivity (Wildman–Crippen MR) is 56.4 cm³/mol. The number of carbonyl (C=O) groups is 1. The Bertz CT molecular complexity index is 393. The molecule has 92 valence electrons. The number of nitrogens with one attached hydrogen (secondary N) is 1. The van der Waals surface area contributed by atoms with E-state index in [-0.39, 0.29) is 12.0 Å². The zero-order valence-corrected chi connectivity index (χ0v) is 9.00. The summed E-state index contributed by atoms with van der Waals surface area (Å²) < 4.78 is 37.0. The van der Waals surface area contributed by atoms with Gasteiger partial charge in [0, 0.05) is 6.04 Å². The van der Waals surface area contributed by atoms with Crippen LogP contribution in [0.5, 0.6) is 0 Å². The molecule has 0 heterocycles. The molecule has 1 aromatic rings. The summed E-state index contributed by atoms with van der Waals surface area (Å²) in [6.45, 7) is 0. The molecule has 0 spiro atoms. The van der Waals surface area contributed by atoms with Crippen molar-refractivity contribution in [1.29, 1.82) is 0 Å². The summed E-state index contributed by atoms with van der Waals surface area (Å²) in [7, 11) is 0. The van der Waals surface area contributed by atoms with Crippen molar-refractivity contribution in [1.82, 2.24) is 5.32 Å². The van der Waals surface area contributed by atoms with Gasteiger partial charge in [0.05, 0.1) is 5.56 Å². The average molecular weight is 243 g/mol. The fourth-order valence-corrected chi connectivity index (χ4v) is 2.07. The topological polar surface area (TPSA) is 29.1 Å². The largest absolute Gasteiger partial charge is 0.416 e. The van der Waals surface area contributed by atoms with E-state index in [1.807, 2.05) is 0 Å². The molecule has 0 saturated heterocycles. The second kappa shape index (κ2) is 4.39. The average Bonchev–Trinajstić information content (AvgIpc) is 2.22. The smallest absolute Gasteiger partial charge is 0.356 e. The first-order chi connectivity index (χ1) is 8.00. The Balaban J connectivity index is 1.98. The summed E-state index contributed by atoms with van der Waals surface area (Å²) in [6.07, 6.45) is -2.03. The maximum atomic E-state index is 12.3. The Kier molecular flexibility index (Phi) is 3.09. The lowest BCUT2D eigenvalue weighted by Crippen LogP contribution is -2.39. The van der Waals surface area contributed by atoms with Gasteiger partial charge in [-0.05, 0) is 36.5 Å². The summed E-state index contributed by atoms with van der Waals surface area (Å²) in [4.78, 5) is 10.2. The predicted octanol–water partition coefficient (Wildman–Crippen LogP) is 2.70. The molecular formula is C12H12F3NO. The number of halogens is 3. The summed E-state index contributed by atoms with van der Waals surface area (Å²) in [5.41, 5.74) is 0.282. The van der Waals surface area contributed by atoms with Crippen molar-refractivity contribution in [2.45, 2.75) is 31.0 Å². The van der Waals surface area contributed by atoms with Crippen LogP contribution in [0.25, 0.3) is 0 Å². The molecule has 1 fully saturated rings. The first-order valence-corrected chi connectivity index (χ1v) is 5.37. The van der Waals surface area contributed by atoms with Crippen LogP contribution in [0.15, 0.2) is 24.3 Å². The van der Waals surface area contributed by atoms with Gasteiger partial charge >= 0.3 is 6.18 Å². The van der Waals surface area contributed by atoms with E-state index in [4.69, 9.17) is 0 Å². The van der Waals surface area contributed by atoms with Crippen molar-refractivity contribution in [3.05, 3.63) is 35.4 Å². The van der Waals surface area contributed by atoms with Gasteiger partial charge < -0.3 is 5.32 Å². The fourth-order valence-electron chi connectivity index (χ4n) is 2.07. The Morgan fingerprint density at radius 2 is 1.76 bits per heavy atom. The molecule has 17 heavy (non-hydrogen) atoms. The van der Waals surface area contributed by atoms with Crippen LogP contribution in [0.4, 0.5) is 13.2 Å². The van der Waals surface area contributed by atoms with Crippen molar-refractivity contribution < 1.29 is 18.0 Å². The third kappa shape index (κ3) is 2.60. The van der Waals surface area contributed by atoms with E-state index < -0.39 is 11.7 Å². The second-order valence-corrected chi connectivity index (χ2v) is 4.27. The number of alkyl halides is 3. The molecule has 1 aliphatic carbocycles. The zero-order chi connectivity index (χ0) is 12.5. The Hall–Kier alpha value is -1.52. The van der Waals surface area contributed by atoms with Gasteiger partial charge in [-0.15, -0.1) is 0 Å². The minimum absolute atomic E-state index is 0.166. The monoisotopic (exact) mass is 243 g/mol. The molecular weight excluding hydrogens is 231 g/mol. The van der Waals surface area contributed by atoms with Crippen molar-refractivity contribution >= 4 is 6.41 Å². The van der Waals surface area contributed by atoms with Crippen LogP contribution < -0.4 is 5.32 Å². The van der Waals surface area contributed by atoms with E-state index in [0.29, 0.717) is 6.41 Å². The molecule has 0 aromatic heterocycles. The fraction of sp³-hybridized carbons (Fsp3) is 0.417. The minimum atomic E-state index is -4.28. The standard InChI is InChI=1S/C12H12F3NO/c13-12(14,15)10-3-1-8(2-4-10)9-5-11(6-9)16-7-17/h1-4,7,9,11H,5-6H2,(H,16,17). The van der Waals surface area contributed by atoms with Crippen molar-refractivity contribution in [3.8, 4) is 0 Å². The van der Waals surface area contributed by atoms with Gasteiger partial charge in [-0.2, -0.15) is 13.2 Å². The first-order valence-electron chi connectivity index (χ1n) is 5.37. The van der Waals surface area contributed by atoms with Crippen molar-refractivity contribution in [3.63, 3.8) is 0 Å². The van der Waals surface area contributed by atoms with Crippen LogP contribution in [0.3, 0.4) is 0 Å². The lowest BCUT2D eigenvalue weighted by Gasteiger charge is -2.35. The highest BCUT2D eigenvalue weighted by Crippen LogP contribution is 2.38. The zero-order valence-electron chi connectivity index (χ0n) is 9.00. The molecule has 1 aromatic carbocycles. The number of rotatable bonds is 3. The molecule has 1 aliphatic rings. The number of hydrogen-bond acceptors (Lipinski definition) is 1. The SMILES string of the molecule is O=CNC1CC(c2ccc(C(F)(F)F)cc2)C1. The van der Waals surface area contributed by atoms with E-state index in [9.17, 15) is 18.0 Å². The highest BCUT2D eigenvalue weighted by atomic mass is 19.4. The third-order valence-corrected chi connectivity index (χ3v) is 3.15. The molecule has 1 saturated carbocycles. The van der Waals surface area contributed by atoms with Crippen molar-refractivity contribution in [2.24, 2.45) is 0 Å². The minimum Gasteiger partial charge on any atom is -0.356 e. The number of carbonyl (C=O) groups excluding carboxylic acids is 1. The van der Waals surface area contributed by atoms with Crippen LogP contribution >= 0.6 is 0 Å². The quantitative estimate of drug-likeness (QED) is 0.812. The van der Waals surface area contributed by atoms with Crippen molar-refractivity contribution in [2.75, 3.05) is 0 Å². The van der Waals surface area contributed by atoms with E-state index in [0.717, 1.165) is 30.5 Å². The molecule has 0 bridgehead atoms. The molecule has 0 unspecified atom stereocenters. The van der Waals surface area contributed by atoms with Crippen LogP contribution in [-0.2, 0) is 11.0 Å². The molecule has 5 heteroatoms. The van der Waals surface area contributed by atoms with Gasteiger partial charge in [-0.3, -0.25) is 4.79 Å². The van der Waals surface area contributed by atoms with Gasteiger partial charge in [-0.1, -0.05) is 12.1 Å². The third-order valence-electron chi connectivity index (χ3n) is 3.15. The normalized spacial score (nSPS) is 23.9. The number of hydrogen-bond donors (Lipinski definition) is 1. The Labute approximate surface area is 96.8 Å². The molecule has 2 rings (SSSR count). The molecule has 1 amide bonds. The van der Waals surface area contributed by atoms with Gasteiger partial charge in [0.25, 0.3) is 0 Å². The van der Waals surface area contributed by atoms with Crippen LogP contribution in [-0.4, -0.2) is 12.5 Å². The molecule has 2 nitrogen and oxygen atoms in total. The lowest BCUT2D eigenvalue weighted by atomic mass is 9.76. The van der Waals surface area contributed by atoms with Crippen LogP contribution in [0, 0.1) is 0 Å². The number of amides is 1. The van der Waals surface area contributed by atoms with Crippen LogP contribution in [0.2, 0.25) is 0 Å². The van der Waals surface area contributed by atoms with Gasteiger partial charge in [-0.25, -0.2) is 0 Å². The maximum absolute atomic E-state index is 12.3. The van der Waals surface area contributed by atoms with E-state index in [2.05, 4.69) is 5.32 Å². The summed E-state index contributed by atoms with van der Waals surface area (Å²) in [6, 6.07) is 5.42. The molecule has 0 aliphatic heterocycles. The van der Waals surface area contributed by atoms with E-state index >= 15 is 0 Å². The summed E-state index contributed by atoms with van der Waals surface area (Å²) in [5.74, 6) is 0.259. The molecule has 1 N–H and O–H groups in total. The van der Waals surface area contributed by atoms with Gasteiger partial charge in [0.15, 0.2) is 0 Å². The first kappa shape index (κ1) is 12.0. The van der Waals surface area contributed by atoms with E-state index in [1.54, 1.807) is 0 Å². The van der Waals surface area contributed by atoms with Crippen LogP contribution in [0.1, 0.15) is 29.9 Å². The highest BCUT2D eigenvalue weighted by Gasteiger charge is 2.32. The van der Waals surface area contributed by atoms with Gasteiger partial charge in [0.1, 0.15) is 0 Å². The highest BCUT2D eigenvalue weighted by molar-refractivity contribution is 5.47. The molecule has 0 atom stereocenters. The molecule has 0 radical (unpaired) electrons.